The standard InChI is InChI=1S/C25H23N3O3/c1-3-22(17-11-13-18(31-2)14-12-17)27-16-21-19-8-4-5-9-20(19)24(29)28(25(21)30)23-10-6-7-15-26-23/h4-16,21-22H,3H2,1-2H3/t21?,22-/m0/s1. The van der Waals surface area contributed by atoms with Crippen molar-refractivity contribution in [2.75, 3.05) is 12.0 Å². The molecule has 0 bridgehead atoms. The molecule has 2 aromatic carbocycles. The fourth-order valence-corrected chi connectivity index (χ4v) is 3.75. The number of hydrogen-bond donors (Lipinski definition) is 0. The Kier molecular flexibility index (Phi) is 5.89. The second kappa shape index (κ2) is 8.92. The molecule has 1 unspecified atom stereocenters. The first-order valence-electron chi connectivity index (χ1n) is 10.2. The Morgan fingerprint density at radius 2 is 1.81 bits per heavy atom. The van der Waals surface area contributed by atoms with Crippen LogP contribution in [0.25, 0.3) is 0 Å². The number of anilines is 1. The van der Waals surface area contributed by atoms with Crippen LogP contribution < -0.4 is 9.64 Å². The van der Waals surface area contributed by atoms with E-state index in [1.165, 1.54) is 0 Å². The summed E-state index contributed by atoms with van der Waals surface area (Å²) in [4.78, 5) is 36.5. The number of rotatable bonds is 6. The third kappa shape index (κ3) is 3.97. The maximum atomic E-state index is 13.4. The predicted molar refractivity (Wildman–Crippen MR) is 120 cm³/mol. The van der Waals surface area contributed by atoms with Crippen molar-refractivity contribution < 1.29 is 14.3 Å². The zero-order valence-corrected chi connectivity index (χ0v) is 17.4. The quantitative estimate of drug-likeness (QED) is 0.438. The van der Waals surface area contributed by atoms with E-state index in [1.807, 2.05) is 43.3 Å². The van der Waals surface area contributed by atoms with E-state index in [4.69, 9.17) is 9.73 Å². The molecule has 1 aliphatic heterocycles. The minimum atomic E-state index is -0.664. The summed E-state index contributed by atoms with van der Waals surface area (Å²) in [7, 11) is 1.63. The zero-order valence-electron chi connectivity index (χ0n) is 17.4. The molecule has 0 saturated heterocycles. The molecule has 3 aromatic rings. The zero-order chi connectivity index (χ0) is 21.8. The maximum Gasteiger partial charge on any atom is 0.266 e. The van der Waals surface area contributed by atoms with Gasteiger partial charge in [-0.15, -0.1) is 0 Å². The highest BCUT2D eigenvalue weighted by Gasteiger charge is 2.39. The molecule has 31 heavy (non-hydrogen) atoms. The van der Waals surface area contributed by atoms with Gasteiger partial charge in [-0.25, -0.2) is 9.88 Å². The molecule has 6 heteroatoms. The first-order valence-corrected chi connectivity index (χ1v) is 10.2. The first kappa shape index (κ1) is 20.5. The summed E-state index contributed by atoms with van der Waals surface area (Å²) in [6.45, 7) is 2.05. The minimum absolute atomic E-state index is 0.105. The van der Waals surface area contributed by atoms with Gasteiger partial charge >= 0.3 is 0 Å². The Morgan fingerprint density at radius 1 is 1.06 bits per heavy atom. The number of pyridine rings is 1. The molecule has 2 amide bonds. The van der Waals surface area contributed by atoms with E-state index in [0.717, 1.165) is 22.6 Å². The molecule has 0 radical (unpaired) electrons. The number of carbonyl (C=O) groups excluding carboxylic acids is 2. The number of hydrogen-bond acceptors (Lipinski definition) is 5. The van der Waals surface area contributed by atoms with Crippen LogP contribution in [0, 0.1) is 0 Å². The molecule has 2 atom stereocenters. The maximum absolute atomic E-state index is 13.4. The summed E-state index contributed by atoms with van der Waals surface area (Å²) in [6.07, 6.45) is 4.01. The number of nitrogens with zero attached hydrogens (tertiary/aromatic N) is 3. The number of ether oxygens (including phenoxy) is 1. The molecule has 156 valence electrons. The lowest BCUT2D eigenvalue weighted by atomic mass is 9.89. The summed E-state index contributed by atoms with van der Waals surface area (Å²) < 4.78 is 5.23. The molecule has 0 aliphatic carbocycles. The van der Waals surface area contributed by atoms with Crippen LogP contribution in [-0.4, -0.2) is 30.1 Å². The van der Waals surface area contributed by atoms with Gasteiger partial charge in [0.05, 0.1) is 19.1 Å². The third-order valence-corrected chi connectivity index (χ3v) is 5.40. The Morgan fingerprint density at radius 3 is 2.48 bits per heavy atom. The van der Waals surface area contributed by atoms with E-state index in [0.29, 0.717) is 16.9 Å². The predicted octanol–water partition coefficient (Wildman–Crippen LogP) is 4.58. The van der Waals surface area contributed by atoms with Crippen LogP contribution in [0.3, 0.4) is 0 Å². The number of benzene rings is 2. The fraction of sp³-hybridized carbons (Fsp3) is 0.200. The third-order valence-electron chi connectivity index (χ3n) is 5.40. The van der Waals surface area contributed by atoms with Crippen LogP contribution in [0.15, 0.2) is 77.9 Å². The van der Waals surface area contributed by atoms with Gasteiger partial charge in [-0.1, -0.05) is 43.3 Å². The number of carbonyl (C=O) groups is 2. The smallest absolute Gasteiger partial charge is 0.266 e. The van der Waals surface area contributed by atoms with Gasteiger partial charge in [0.25, 0.3) is 5.91 Å². The largest absolute Gasteiger partial charge is 0.497 e. The number of amides is 2. The average Bonchev–Trinajstić information content (AvgIpc) is 2.82. The molecule has 0 spiro atoms. The summed E-state index contributed by atoms with van der Waals surface area (Å²) in [6, 6.07) is 20.0. The second-order valence-electron chi connectivity index (χ2n) is 7.23. The Labute approximate surface area is 181 Å². The minimum Gasteiger partial charge on any atom is -0.497 e. The summed E-state index contributed by atoms with van der Waals surface area (Å²) in [5, 5.41) is 0. The second-order valence-corrected chi connectivity index (χ2v) is 7.23. The molecule has 6 nitrogen and oxygen atoms in total. The van der Waals surface area contributed by atoms with Crippen molar-refractivity contribution in [2.24, 2.45) is 4.99 Å². The van der Waals surface area contributed by atoms with E-state index in [-0.39, 0.29) is 17.9 Å². The van der Waals surface area contributed by atoms with Crippen molar-refractivity contribution in [1.29, 1.82) is 0 Å². The van der Waals surface area contributed by atoms with E-state index < -0.39 is 5.92 Å². The van der Waals surface area contributed by atoms with Gasteiger partial charge in [0, 0.05) is 18.0 Å². The molecular formula is C25H23N3O3. The average molecular weight is 413 g/mol. The van der Waals surface area contributed by atoms with Crippen molar-refractivity contribution in [3.8, 4) is 5.75 Å². The Balaban J connectivity index is 1.70. The van der Waals surface area contributed by atoms with Gasteiger partial charge in [-0.3, -0.25) is 14.6 Å². The number of aliphatic imine (C=N–C) groups is 1. The van der Waals surface area contributed by atoms with Crippen molar-refractivity contribution in [2.45, 2.75) is 25.3 Å². The van der Waals surface area contributed by atoms with Crippen LogP contribution in [0.2, 0.25) is 0 Å². The fourth-order valence-electron chi connectivity index (χ4n) is 3.75. The normalized spacial score (nSPS) is 17.0. The lowest BCUT2D eigenvalue weighted by Gasteiger charge is -2.30. The molecule has 1 aliphatic rings. The first-order chi connectivity index (χ1) is 15.1. The summed E-state index contributed by atoms with van der Waals surface area (Å²) >= 11 is 0. The van der Waals surface area contributed by atoms with Gasteiger partial charge in [0.15, 0.2) is 0 Å². The highest BCUT2D eigenvalue weighted by atomic mass is 16.5. The number of methoxy groups -OCH3 is 1. The van der Waals surface area contributed by atoms with Crippen LogP contribution in [0.1, 0.15) is 46.8 Å². The molecule has 0 saturated carbocycles. The molecular weight excluding hydrogens is 390 g/mol. The summed E-state index contributed by atoms with van der Waals surface area (Å²) in [5.74, 6) is -0.291. The lowest BCUT2D eigenvalue weighted by Crippen LogP contribution is -2.46. The molecule has 2 heterocycles. The van der Waals surface area contributed by atoms with Crippen molar-refractivity contribution >= 4 is 23.8 Å². The number of imide groups is 1. The van der Waals surface area contributed by atoms with Gasteiger partial charge in [-0.05, 0) is 47.9 Å². The van der Waals surface area contributed by atoms with E-state index >= 15 is 0 Å². The number of fused-ring (bicyclic) bond motifs is 1. The lowest BCUT2D eigenvalue weighted by molar-refractivity contribution is -0.118. The van der Waals surface area contributed by atoms with E-state index in [2.05, 4.69) is 4.98 Å². The molecule has 4 rings (SSSR count). The van der Waals surface area contributed by atoms with Crippen LogP contribution in [0.4, 0.5) is 5.82 Å². The summed E-state index contributed by atoms with van der Waals surface area (Å²) in [5.41, 5.74) is 2.19. The highest BCUT2D eigenvalue weighted by Crippen LogP contribution is 2.32. The molecule has 0 N–H and O–H groups in total. The SMILES string of the molecule is CC[C@H](N=CC1C(=O)N(c2ccccn2)C(=O)c2ccccc21)c1ccc(OC)cc1. The van der Waals surface area contributed by atoms with Gasteiger partial charge in [0.1, 0.15) is 11.6 Å². The Bertz CT molecular complexity index is 1110. The van der Waals surface area contributed by atoms with Gasteiger partial charge in [0.2, 0.25) is 5.91 Å². The monoisotopic (exact) mass is 413 g/mol. The highest BCUT2D eigenvalue weighted by molar-refractivity contribution is 6.28. The van der Waals surface area contributed by atoms with Crippen molar-refractivity contribution in [3.63, 3.8) is 0 Å². The van der Waals surface area contributed by atoms with Crippen molar-refractivity contribution in [3.05, 3.63) is 89.6 Å². The van der Waals surface area contributed by atoms with Crippen LogP contribution in [-0.2, 0) is 4.79 Å². The van der Waals surface area contributed by atoms with E-state index in [9.17, 15) is 9.59 Å². The van der Waals surface area contributed by atoms with Crippen LogP contribution in [0.5, 0.6) is 5.75 Å². The topological polar surface area (TPSA) is 71.9 Å². The molecule has 0 fully saturated rings. The van der Waals surface area contributed by atoms with E-state index in [1.54, 1.807) is 49.9 Å². The van der Waals surface area contributed by atoms with Gasteiger partial charge in [-0.2, -0.15) is 0 Å². The van der Waals surface area contributed by atoms with Crippen LogP contribution >= 0.6 is 0 Å². The Hall–Kier alpha value is -3.80. The number of aromatic nitrogens is 1. The van der Waals surface area contributed by atoms with Gasteiger partial charge < -0.3 is 4.74 Å². The van der Waals surface area contributed by atoms with Crippen molar-refractivity contribution in [1.82, 2.24) is 4.98 Å². The molecule has 1 aromatic heterocycles.